The van der Waals surface area contributed by atoms with Crippen molar-refractivity contribution in [2.45, 2.75) is 38.6 Å². The first-order valence-corrected chi connectivity index (χ1v) is 10.1. The Morgan fingerprint density at radius 1 is 1.07 bits per heavy atom. The number of nitrogens with zero attached hydrogens (tertiary/aromatic N) is 1. The molecule has 2 amide bonds. The van der Waals surface area contributed by atoms with E-state index in [1.54, 1.807) is 36.4 Å². The van der Waals surface area contributed by atoms with E-state index in [9.17, 15) is 14.0 Å². The van der Waals surface area contributed by atoms with Crippen molar-refractivity contribution in [1.82, 2.24) is 10.2 Å². The molecule has 1 atom stereocenters. The van der Waals surface area contributed by atoms with Gasteiger partial charge in [-0.15, -0.1) is 0 Å². The SMILES string of the molecule is CCOc1ccccc1C(=O)NC(Cc1ccc(F)cc1)C(=O)N1CCCCC1. The van der Waals surface area contributed by atoms with Gasteiger partial charge in [-0.1, -0.05) is 24.3 Å². The van der Waals surface area contributed by atoms with Crippen LogP contribution in [-0.4, -0.2) is 42.5 Å². The molecule has 2 aromatic carbocycles. The van der Waals surface area contributed by atoms with E-state index in [1.807, 2.05) is 11.8 Å². The maximum atomic E-state index is 13.3. The van der Waals surface area contributed by atoms with Gasteiger partial charge in [0.25, 0.3) is 5.91 Å². The second kappa shape index (κ2) is 10.0. The van der Waals surface area contributed by atoms with E-state index in [4.69, 9.17) is 4.74 Å². The van der Waals surface area contributed by atoms with Crippen molar-refractivity contribution in [3.05, 3.63) is 65.5 Å². The van der Waals surface area contributed by atoms with Crippen LogP contribution in [0.2, 0.25) is 0 Å². The molecule has 0 aromatic heterocycles. The fraction of sp³-hybridized carbons (Fsp3) is 0.391. The molecule has 5 nitrogen and oxygen atoms in total. The zero-order chi connectivity index (χ0) is 20.6. The van der Waals surface area contributed by atoms with Gasteiger partial charge in [-0.2, -0.15) is 0 Å². The molecule has 1 aliphatic heterocycles. The highest BCUT2D eigenvalue weighted by Crippen LogP contribution is 2.19. The van der Waals surface area contributed by atoms with E-state index in [-0.39, 0.29) is 17.6 Å². The molecule has 0 radical (unpaired) electrons. The number of carbonyl (C=O) groups excluding carboxylic acids is 2. The maximum Gasteiger partial charge on any atom is 0.255 e. The first-order valence-electron chi connectivity index (χ1n) is 10.1. The molecule has 1 aliphatic rings. The highest BCUT2D eigenvalue weighted by molar-refractivity contribution is 5.99. The number of nitrogens with one attached hydrogen (secondary N) is 1. The molecule has 1 unspecified atom stereocenters. The molecule has 29 heavy (non-hydrogen) atoms. The van der Waals surface area contributed by atoms with Gasteiger partial charge >= 0.3 is 0 Å². The van der Waals surface area contributed by atoms with E-state index in [2.05, 4.69) is 5.32 Å². The van der Waals surface area contributed by atoms with Crippen molar-refractivity contribution in [2.24, 2.45) is 0 Å². The predicted octanol–water partition coefficient (Wildman–Crippen LogP) is 3.58. The van der Waals surface area contributed by atoms with Crippen molar-refractivity contribution in [3.63, 3.8) is 0 Å². The number of rotatable bonds is 7. The van der Waals surface area contributed by atoms with Gasteiger partial charge in [-0.05, 0) is 56.0 Å². The second-order valence-electron chi connectivity index (χ2n) is 7.17. The molecular weight excluding hydrogens is 371 g/mol. The van der Waals surface area contributed by atoms with Crippen LogP contribution < -0.4 is 10.1 Å². The molecule has 1 fully saturated rings. The highest BCUT2D eigenvalue weighted by Gasteiger charge is 2.28. The average molecular weight is 398 g/mol. The number of benzene rings is 2. The van der Waals surface area contributed by atoms with Crippen LogP contribution in [0, 0.1) is 5.82 Å². The smallest absolute Gasteiger partial charge is 0.255 e. The molecule has 0 spiro atoms. The third-order valence-corrected chi connectivity index (χ3v) is 5.06. The molecule has 0 bridgehead atoms. The summed E-state index contributed by atoms with van der Waals surface area (Å²) in [5, 5.41) is 2.89. The van der Waals surface area contributed by atoms with E-state index in [1.165, 1.54) is 12.1 Å². The third kappa shape index (κ3) is 5.56. The number of carbonyl (C=O) groups is 2. The normalized spacial score (nSPS) is 14.9. The van der Waals surface area contributed by atoms with Gasteiger partial charge in [0, 0.05) is 19.5 Å². The molecule has 6 heteroatoms. The minimum Gasteiger partial charge on any atom is -0.493 e. The summed E-state index contributed by atoms with van der Waals surface area (Å²) < 4.78 is 18.8. The number of hydrogen-bond acceptors (Lipinski definition) is 3. The minimum absolute atomic E-state index is 0.101. The molecule has 1 saturated heterocycles. The lowest BCUT2D eigenvalue weighted by atomic mass is 10.0. The van der Waals surface area contributed by atoms with Gasteiger partial charge in [-0.3, -0.25) is 9.59 Å². The fourth-order valence-electron chi connectivity index (χ4n) is 3.56. The minimum atomic E-state index is -0.722. The predicted molar refractivity (Wildman–Crippen MR) is 109 cm³/mol. The number of ether oxygens (including phenoxy) is 1. The monoisotopic (exact) mass is 398 g/mol. The summed E-state index contributed by atoms with van der Waals surface area (Å²) in [6.45, 7) is 3.69. The Morgan fingerprint density at radius 3 is 2.45 bits per heavy atom. The standard InChI is InChI=1S/C23H27FN2O3/c1-2-29-21-9-5-4-8-19(21)22(27)25-20(16-17-10-12-18(24)13-11-17)23(28)26-14-6-3-7-15-26/h4-5,8-13,20H,2-3,6-7,14-16H2,1H3,(H,25,27). The Hall–Kier alpha value is -2.89. The molecule has 0 aliphatic carbocycles. The van der Waals surface area contributed by atoms with E-state index in [0.29, 0.717) is 37.4 Å². The van der Waals surface area contributed by atoms with Crippen LogP contribution in [-0.2, 0) is 11.2 Å². The number of amides is 2. The van der Waals surface area contributed by atoms with Crippen molar-refractivity contribution < 1.29 is 18.7 Å². The summed E-state index contributed by atoms with van der Waals surface area (Å²) in [6.07, 6.45) is 3.35. The van der Waals surface area contributed by atoms with Crippen LogP contribution in [0.5, 0.6) is 5.75 Å². The third-order valence-electron chi connectivity index (χ3n) is 5.06. The number of piperidine rings is 1. The van der Waals surface area contributed by atoms with E-state index in [0.717, 1.165) is 24.8 Å². The zero-order valence-corrected chi connectivity index (χ0v) is 16.7. The van der Waals surface area contributed by atoms with Crippen molar-refractivity contribution in [3.8, 4) is 5.75 Å². The topological polar surface area (TPSA) is 58.6 Å². The number of halogens is 1. The Labute approximate surface area is 170 Å². The highest BCUT2D eigenvalue weighted by atomic mass is 19.1. The Kier molecular flexibility index (Phi) is 7.22. The average Bonchev–Trinajstić information content (AvgIpc) is 2.75. The molecular formula is C23H27FN2O3. The first-order chi connectivity index (χ1) is 14.1. The number of para-hydroxylation sites is 1. The Morgan fingerprint density at radius 2 is 1.76 bits per heavy atom. The second-order valence-corrected chi connectivity index (χ2v) is 7.17. The Balaban J connectivity index is 1.81. The number of likely N-dealkylation sites (tertiary alicyclic amines) is 1. The lowest BCUT2D eigenvalue weighted by Gasteiger charge is -2.31. The summed E-state index contributed by atoms with van der Waals surface area (Å²) >= 11 is 0. The number of hydrogen-bond donors (Lipinski definition) is 1. The van der Waals surface area contributed by atoms with Crippen LogP contribution in [0.15, 0.2) is 48.5 Å². The van der Waals surface area contributed by atoms with Crippen molar-refractivity contribution >= 4 is 11.8 Å². The van der Waals surface area contributed by atoms with Crippen LogP contribution in [0.25, 0.3) is 0 Å². The van der Waals surface area contributed by atoms with Crippen LogP contribution >= 0.6 is 0 Å². The summed E-state index contributed by atoms with van der Waals surface area (Å²) in [6, 6.07) is 12.3. The van der Waals surface area contributed by atoms with Crippen LogP contribution in [0.1, 0.15) is 42.1 Å². The zero-order valence-electron chi connectivity index (χ0n) is 16.7. The molecule has 2 aromatic rings. The van der Waals surface area contributed by atoms with Gasteiger partial charge in [0.1, 0.15) is 17.6 Å². The van der Waals surface area contributed by atoms with Gasteiger partial charge < -0.3 is 15.0 Å². The summed E-state index contributed by atoms with van der Waals surface area (Å²) in [5.41, 5.74) is 1.19. The molecule has 3 rings (SSSR count). The van der Waals surface area contributed by atoms with Gasteiger partial charge in [0.2, 0.25) is 5.91 Å². The summed E-state index contributed by atoms with van der Waals surface area (Å²) in [4.78, 5) is 27.9. The molecule has 0 saturated carbocycles. The van der Waals surface area contributed by atoms with Crippen LogP contribution in [0.4, 0.5) is 4.39 Å². The molecule has 1 N–H and O–H groups in total. The lowest BCUT2D eigenvalue weighted by Crippen LogP contribution is -2.51. The molecule has 1 heterocycles. The van der Waals surface area contributed by atoms with E-state index >= 15 is 0 Å². The van der Waals surface area contributed by atoms with Gasteiger partial charge in [-0.25, -0.2) is 4.39 Å². The fourth-order valence-corrected chi connectivity index (χ4v) is 3.56. The van der Waals surface area contributed by atoms with Crippen molar-refractivity contribution in [2.75, 3.05) is 19.7 Å². The largest absolute Gasteiger partial charge is 0.493 e. The first kappa shape index (κ1) is 20.8. The molecule has 154 valence electrons. The van der Waals surface area contributed by atoms with Crippen molar-refractivity contribution in [1.29, 1.82) is 0 Å². The van der Waals surface area contributed by atoms with E-state index < -0.39 is 6.04 Å². The van der Waals surface area contributed by atoms with Gasteiger partial charge in [0.15, 0.2) is 0 Å². The quantitative estimate of drug-likeness (QED) is 0.776. The Bertz CT molecular complexity index is 832. The van der Waals surface area contributed by atoms with Gasteiger partial charge in [0.05, 0.1) is 12.2 Å². The van der Waals surface area contributed by atoms with Crippen LogP contribution in [0.3, 0.4) is 0 Å². The lowest BCUT2D eigenvalue weighted by molar-refractivity contribution is -0.134. The maximum absolute atomic E-state index is 13.3. The summed E-state index contributed by atoms with van der Waals surface area (Å²) in [7, 11) is 0. The summed E-state index contributed by atoms with van der Waals surface area (Å²) in [5.74, 6) is -0.302.